The molecule has 28 heavy (non-hydrogen) atoms. The summed E-state index contributed by atoms with van der Waals surface area (Å²) in [7, 11) is 1.41. The Kier molecular flexibility index (Phi) is 5.89. The predicted molar refractivity (Wildman–Crippen MR) is 101 cm³/mol. The summed E-state index contributed by atoms with van der Waals surface area (Å²) in [6.07, 6.45) is 2.14. The fourth-order valence-electron chi connectivity index (χ4n) is 2.93. The van der Waals surface area contributed by atoms with Crippen LogP contribution in [0.1, 0.15) is 39.6 Å². The maximum atomic E-state index is 13.1. The largest absolute Gasteiger partial charge is 0.376 e. The highest BCUT2D eigenvalue weighted by Crippen LogP contribution is 2.25. The molecule has 0 spiro atoms. The van der Waals surface area contributed by atoms with Gasteiger partial charge in [-0.2, -0.15) is 0 Å². The van der Waals surface area contributed by atoms with Gasteiger partial charge in [-0.3, -0.25) is 14.4 Å². The van der Waals surface area contributed by atoms with E-state index in [1.807, 2.05) is 6.92 Å². The van der Waals surface area contributed by atoms with E-state index in [1.54, 1.807) is 12.1 Å². The number of hydrogen-bond acceptors (Lipinski definition) is 4. The summed E-state index contributed by atoms with van der Waals surface area (Å²) in [6.45, 7) is 2.56. The Balaban J connectivity index is 1.89. The van der Waals surface area contributed by atoms with Gasteiger partial charge in [-0.05, 0) is 37.1 Å². The Morgan fingerprint density at radius 3 is 2.61 bits per heavy atom. The number of nitrogens with one attached hydrogen (secondary N) is 2. The zero-order valence-electron chi connectivity index (χ0n) is 15.7. The number of amides is 2. The number of pyridine rings is 1. The Hall–Kier alpha value is -3.00. The Labute approximate surface area is 161 Å². The van der Waals surface area contributed by atoms with Crippen LogP contribution in [-0.2, 0) is 11.3 Å². The molecule has 0 aliphatic heterocycles. The first-order valence-electron chi connectivity index (χ1n) is 9.06. The van der Waals surface area contributed by atoms with E-state index in [0.717, 1.165) is 6.42 Å². The van der Waals surface area contributed by atoms with Crippen molar-refractivity contribution >= 4 is 11.8 Å². The molecule has 2 atom stereocenters. The summed E-state index contributed by atoms with van der Waals surface area (Å²) in [6, 6.07) is 6.88. The van der Waals surface area contributed by atoms with Crippen molar-refractivity contribution in [3.63, 3.8) is 0 Å². The Morgan fingerprint density at radius 1 is 1.25 bits per heavy atom. The second-order valence-electron chi connectivity index (χ2n) is 6.59. The minimum Gasteiger partial charge on any atom is -0.376 e. The van der Waals surface area contributed by atoms with Crippen molar-refractivity contribution in [2.45, 2.75) is 32.0 Å². The molecule has 0 unspecified atom stereocenters. The van der Waals surface area contributed by atoms with Crippen LogP contribution in [0.3, 0.4) is 0 Å². The summed E-state index contributed by atoms with van der Waals surface area (Å²) >= 11 is 0. The lowest BCUT2D eigenvalue weighted by molar-refractivity contribution is 0.0914. The van der Waals surface area contributed by atoms with Crippen LogP contribution in [0.25, 0.3) is 0 Å². The van der Waals surface area contributed by atoms with Crippen molar-refractivity contribution in [3.05, 3.63) is 69.4 Å². The smallest absolute Gasteiger partial charge is 0.263 e. The lowest BCUT2D eigenvalue weighted by Crippen LogP contribution is -2.35. The molecule has 1 aliphatic rings. The fraction of sp³-hybridized carbons (Fsp3) is 0.350. The van der Waals surface area contributed by atoms with E-state index >= 15 is 0 Å². The number of aromatic nitrogens is 1. The molecule has 0 bridgehead atoms. The second kappa shape index (κ2) is 8.35. The molecule has 1 fully saturated rings. The molecular formula is C20H22FN3O4. The summed E-state index contributed by atoms with van der Waals surface area (Å²) in [5.74, 6) is -1.35. The molecular weight excluding hydrogens is 365 g/mol. The Bertz CT molecular complexity index is 939. The van der Waals surface area contributed by atoms with Gasteiger partial charge in [0.2, 0.25) is 0 Å². The van der Waals surface area contributed by atoms with Gasteiger partial charge in [0.25, 0.3) is 17.4 Å². The van der Waals surface area contributed by atoms with Crippen LogP contribution in [0.4, 0.5) is 4.39 Å². The van der Waals surface area contributed by atoms with Crippen molar-refractivity contribution in [2.75, 3.05) is 13.7 Å². The average Bonchev–Trinajstić information content (AvgIpc) is 3.42. The van der Waals surface area contributed by atoms with Gasteiger partial charge in [-0.25, -0.2) is 4.39 Å². The lowest BCUT2D eigenvalue weighted by atomic mass is 10.1. The summed E-state index contributed by atoms with van der Waals surface area (Å²) < 4.78 is 19.8. The van der Waals surface area contributed by atoms with Gasteiger partial charge < -0.3 is 19.9 Å². The van der Waals surface area contributed by atoms with Crippen LogP contribution in [0.15, 0.2) is 41.3 Å². The van der Waals surface area contributed by atoms with Gasteiger partial charge in [0, 0.05) is 19.9 Å². The predicted octanol–water partition coefficient (Wildman–Crippen LogP) is 1.30. The minimum absolute atomic E-state index is 0.00233. The molecule has 7 nitrogen and oxygen atoms in total. The average molecular weight is 387 g/mol. The zero-order chi connectivity index (χ0) is 20.3. The standard InChI is InChI=1S/C20H22FN3O4/c1-3-28-17-9-16(17)23-18(25)13-8-15(19(26)22-2)20(27)24(11-13)10-12-4-6-14(21)7-5-12/h4-8,11,16-17H,3,9-10H2,1-2H3,(H,22,26)(H,23,25)/t16-,17-/m0/s1. The molecule has 1 aromatic heterocycles. The third-order valence-electron chi connectivity index (χ3n) is 4.52. The van der Waals surface area contributed by atoms with Gasteiger partial charge in [-0.15, -0.1) is 0 Å². The van der Waals surface area contributed by atoms with Crippen LogP contribution >= 0.6 is 0 Å². The Morgan fingerprint density at radius 2 is 1.96 bits per heavy atom. The number of nitrogens with zero attached hydrogens (tertiary/aromatic N) is 1. The van der Waals surface area contributed by atoms with Crippen LogP contribution in [0, 0.1) is 5.82 Å². The third kappa shape index (κ3) is 4.45. The van der Waals surface area contributed by atoms with Crippen molar-refractivity contribution < 1.29 is 18.7 Å². The van der Waals surface area contributed by atoms with Gasteiger partial charge in [0.05, 0.1) is 24.3 Å². The lowest BCUT2D eigenvalue weighted by Gasteiger charge is -2.12. The molecule has 2 N–H and O–H groups in total. The quantitative estimate of drug-likeness (QED) is 0.750. The van der Waals surface area contributed by atoms with E-state index in [0.29, 0.717) is 12.2 Å². The molecule has 2 aromatic rings. The molecule has 1 aliphatic carbocycles. The van der Waals surface area contributed by atoms with E-state index in [9.17, 15) is 18.8 Å². The van der Waals surface area contributed by atoms with Crippen molar-refractivity contribution in [3.8, 4) is 0 Å². The summed E-state index contributed by atoms with van der Waals surface area (Å²) in [5, 5.41) is 5.26. The normalized spacial score (nSPS) is 17.8. The molecule has 1 heterocycles. The number of ether oxygens (including phenoxy) is 1. The first kappa shape index (κ1) is 19.8. The molecule has 3 rings (SSSR count). The zero-order valence-corrected chi connectivity index (χ0v) is 15.7. The monoisotopic (exact) mass is 387 g/mol. The van der Waals surface area contributed by atoms with Crippen molar-refractivity contribution in [2.24, 2.45) is 0 Å². The molecule has 0 radical (unpaired) electrons. The highest BCUT2D eigenvalue weighted by molar-refractivity contribution is 5.99. The molecule has 2 amide bonds. The molecule has 1 saturated carbocycles. The maximum Gasteiger partial charge on any atom is 0.263 e. The SMILES string of the molecule is CCO[C@H]1C[C@@H]1NC(=O)c1cc(C(=O)NC)c(=O)n(Cc2ccc(F)cc2)c1. The topological polar surface area (TPSA) is 89.4 Å². The minimum atomic E-state index is -0.578. The maximum absolute atomic E-state index is 13.1. The van der Waals surface area contributed by atoms with E-state index < -0.39 is 11.5 Å². The van der Waals surface area contributed by atoms with E-state index in [1.165, 1.54) is 36.0 Å². The van der Waals surface area contributed by atoms with Crippen molar-refractivity contribution in [1.29, 1.82) is 0 Å². The molecule has 8 heteroatoms. The first-order valence-corrected chi connectivity index (χ1v) is 9.06. The van der Waals surface area contributed by atoms with Gasteiger partial charge in [-0.1, -0.05) is 12.1 Å². The summed E-state index contributed by atoms with van der Waals surface area (Å²) in [5.41, 5.74) is 0.207. The van der Waals surface area contributed by atoms with Crippen LogP contribution < -0.4 is 16.2 Å². The van der Waals surface area contributed by atoms with Gasteiger partial charge in [0.1, 0.15) is 11.4 Å². The number of halogens is 1. The third-order valence-corrected chi connectivity index (χ3v) is 4.52. The van der Waals surface area contributed by atoms with E-state index in [2.05, 4.69) is 10.6 Å². The van der Waals surface area contributed by atoms with Crippen LogP contribution in [-0.4, -0.2) is 42.2 Å². The number of hydrogen-bond donors (Lipinski definition) is 2. The second-order valence-corrected chi connectivity index (χ2v) is 6.59. The fourth-order valence-corrected chi connectivity index (χ4v) is 2.93. The van der Waals surface area contributed by atoms with Crippen molar-refractivity contribution in [1.82, 2.24) is 15.2 Å². The van der Waals surface area contributed by atoms with E-state index in [-0.39, 0.29) is 41.5 Å². The summed E-state index contributed by atoms with van der Waals surface area (Å²) in [4.78, 5) is 37.4. The molecule has 1 aromatic carbocycles. The van der Waals surface area contributed by atoms with Gasteiger partial charge >= 0.3 is 0 Å². The number of benzene rings is 1. The molecule has 148 valence electrons. The van der Waals surface area contributed by atoms with Gasteiger partial charge in [0.15, 0.2) is 0 Å². The first-order chi connectivity index (χ1) is 13.4. The van der Waals surface area contributed by atoms with Crippen LogP contribution in [0.5, 0.6) is 0 Å². The highest BCUT2D eigenvalue weighted by atomic mass is 19.1. The molecule has 0 saturated heterocycles. The highest BCUT2D eigenvalue weighted by Gasteiger charge is 2.39. The number of rotatable bonds is 7. The van der Waals surface area contributed by atoms with E-state index in [4.69, 9.17) is 4.74 Å². The number of carbonyl (C=O) groups excluding carboxylic acids is 2. The van der Waals surface area contributed by atoms with Crippen LogP contribution in [0.2, 0.25) is 0 Å². The number of carbonyl (C=O) groups is 2.